The molecule has 6 heteroatoms. The van der Waals surface area contributed by atoms with Crippen LogP contribution in [0.2, 0.25) is 0 Å². The molecule has 1 atom stereocenters. The average Bonchev–Trinajstić information content (AvgIpc) is 2.73. The van der Waals surface area contributed by atoms with Gasteiger partial charge in [-0.3, -0.25) is 0 Å². The Hall–Kier alpha value is -0.750. The number of hydrogen-bond acceptors (Lipinski definition) is 6. The fourth-order valence-electron chi connectivity index (χ4n) is 1.25. The summed E-state index contributed by atoms with van der Waals surface area (Å²) in [6.45, 7) is 5.71. The highest BCUT2D eigenvalue weighted by Crippen LogP contribution is 2.11. The van der Waals surface area contributed by atoms with Crippen molar-refractivity contribution in [2.75, 3.05) is 23.9 Å². The summed E-state index contributed by atoms with van der Waals surface area (Å²) in [5, 5.41) is 14.3. The Morgan fingerprint density at radius 1 is 1.38 bits per heavy atom. The molecule has 0 spiro atoms. The molecule has 1 aromatic heterocycles. The molecule has 92 valence electrons. The van der Waals surface area contributed by atoms with Crippen LogP contribution < -0.4 is 10.6 Å². The smallest absolute Gasteiger partial charge is 0.315 e. The molecule has 0 aliphatic carbocycles. The van der Waals surface area contributed by atoms with E-state index in [1.807, 2.05) is 18.7 Å². The average molecular weight is 244 g/mol. The molecule has 0 saturated heterocycles. The van der Waals surface area contributed by atoms with Gasteiger partial charge in [-0.2, -0.15) is 11.8 Å². The summed E-state index contributed by atoms with van der Waals surface area (Å²) in [7, 11) is 0. The molecule has 0 aliphatic heterocycles. The van der Waals surface area contributed by atoms with Gasteiger partial charge in [-0.1, -0.05) is 18.9 Å². The highest BCUT2D eigenvalue weighted by molar-refractivity contribution is 7.98. The zero-order valence-electron chi connectivity index (χ0n) is 10.1. The van der Waals surface area contributed by atoms with Crippen molar-refractivity contribution < 1.29 is 4.42 Å². The van der Waals surface area contributed by atoms with Crippen LogP contribution in [-0.4, -0.2) is 34.8 Å². The van der Waals surface area contributed by atoms with Gasteiger partial charge in [0.1, 0.15) is 0 Å². The first-order valence-corrected chi connectivity index (χ1v) is 6.98. The number of rotatable bonds is 8. The topological polar surface area (TPSA) is 63.0 Å². The normalized spacial score (nSPS) is 12.7. The second-order valence-corrected chi connectivity index (χ2v) is 4.40. The van der Waals surface area contributed by atoms with Gasteiger partial charge in [0.2, 0.25) is 5.89 Å². The lowest BCUT2D eigenvalue weighted by Crippen LogP contribution is -2.21. The molecule has 1 heterocycles. The standard InChI is InChI=1S/C10H20N4OS/c1-4-8(7-16-3)12-10-14-13-9(15-10)6-11-5-2/h8,11H,4-7H2,1-3H3,(H,12,14). The monoisotopic (exact) mass is 244 g/mol. The lowest BCUT2D eigenvalue weighted by Gasteiger charge is -2.12. The van der Waals surface area contributed by atoms with E-state index in [9.17, 15) is 0 Å². The van der Waals surface area contributed by atoms with Crippen LogP contribution in [0.3, 0.4) is 0 Å². The quantitative estimate of drug-likeness (QED) is 0.726. The van der Waals surface area contributed by atoms with Crippen LogP contribution in [0.25, 0.3) is 0 Å². The first kappa shape index (κ1) is 13.3. The zero-order valence-corrected chi connectivity index (χ0v) is 10.9. The highest BCUT2D eigenvalue weighted by Gasteiger charge is 2.10. The summed E-state index contributed by atoms with van der Waals surface area (Å²) in [4.78, 5) is 0. The Kier molecular flexibility index (Phi) is 6.25. The molecule has 0 aromatic carbocycles. The Morgan fingerprint density at radius 3 is 2.81 bits per heavy atom. The van der Waals surface area contributed by atoms with Crippen molar-refractivity contribution in [3.05, 3.63) is 5.89 Å². The van der Waals surface area contributed by atoms with Crippen molar-refractivity contribution in [3.8, 4) is 0 Å². The third-order valence-corrected chi connectivity index (χ3v) is 2.92. The zero-order chi connectivity index (χ0) is 11.8. The van der Waals surface area contributed by atoms with Crippen LogP contribution in [0, 0.1) is 0 Å². The number of nitrogens with zero attached hydrogens (tertiary/aromatic N) is 2. The second kappa shape index (κ2) is 7.51. The van der Waals surface area contributed by atoms with E-state index in [0.717, 1.165) is 18.7 Å². The lowest BCUT2D eigenvalue weighted by atomic mass is 10.3. The molecule has 0 aliphatic rings. The molecular formula is C10H20N4OS. The van der Waals surface area contributed by atoms with Crippen LogP contribution in [-0.2, 0) is 6.54 Å². The summed E-state index contributed by atoms with van der Waals surface area (Å²) >= 11 is 1.81. The molecule has 2 N–H and O–H groups in total. The van der Waals surface area contributed by atoms with Gasteiger partial charge >= 0.3 is 6.01 Å². The summed E-state index contributed by atoms with van der Waals surface area (Å²) in [6.07, 6.45) is 3.14. The van der Waals surface area contributed by atoms with Crippen molar-refractivity contribution in [2.45, 2.75) is 32.9 Å². The number of anilines is 1. The van der Waals surface area contributed by atoms with E-state index in [1.165, 1.54) is 0 Å². The molecule has 0 bridgehead atoms. The van der Waals surface area contributed by atoms with Crippen molar-refractivity contribution >= 4 is 17.8 Å². The largest absolute Gasteiger partial charge is 0.407 e. The van der Waals surface area contributed by atoms with Gasteiger partial charge in [0.05, 0.1) is 6.54 Å². The van der Waals surface area contributed by atoms with Crippen molar-refractivity contribution in [1.82, 2.24) is 15.5 Å². The summed E-state index contributed by atoms with van der Waals surface area (Å²) < 4.78 is 5.46. The number of nitrogens with one attached hydrogen (secondary N) is 2. The lowest BCUT2D eigenvalue weighted by molar-refractivity contribution is 0.477. The van der Waals surface area contributed by atoms with E-state index < -0.39 is 0 Å². The van der Waals surface area contributed by atoms with Crippen molar-refractivity contribution in [2.24, 2.45) is 0 Å². The van der Waals surface area contributed by atoms with Crippen LogP contribution in [0.15, 0.2) is 4.42 Å². The van der Waals surface area contributed by atoms with E-state index >= 15 is 0 Å². The molecule has 16 heavy (non-hydrogen) atoms. The van der Waals surface area contributed by atoms with Crippen LogP contribution >= 0.6 is 11.8 Å². The minimum Gasteiger partial charge on any atom is -0.407 e. The highest BCUT2D eigenvalue weighted by atomic mass is 32.2. The van der Waals surface area contributed by atoms with Gasteiger partial charge in [0.15, 0.2) is 0 Å². The van der Waals surface area contributed by atoms with Crippen LogP contribution in [0.5, 0.6) is 0 Å². The van der Waals surface area contributed by atoms with Gasteiger partial charge in [-0.05, 0) is 19.2 Å². The first-order valence-electron chi connectivity index (χ1n) is 5.58. The van der Waals surface area contributed by atoms with Crippen molar-refractivity contribution in [1.29, 1.82) is 0 Å². The molecule has 1 unspecified atom stereocenters. The Balaban J connectivity index is 2.43. The van der Waals surface area contributed by atoms with E-state index in [2.05, 4.69) is 34.0 Å². The minimum atomic E-state index is 0.391. The third-order valence-electron chi connectivity index (χ3n) is 2.18. The first-order chi connectivity index (χ1) is 7.80. The maximum Gasteiger partial charge on any atom is 0.315 e. The third kappa shape index (κ3) is 4.40. The fourth-order valence-corrected chi connectivity index (χ4v) is 1.97. The van der Waals surface area contributed by atoms with Gasteiger partial charge in [-0.15, -0.1) is 5.10 Å². The van der Waals surface area contributed by atoms with Gasteiger partial charge < -0.3 is 15.1 Å². The maximum absolute atomic E-state index is 5.46. The molecule has 1 rings (SSSR count). The van der Waals surface area contributed by atoms with Crippen LogP contribution in [0.1, 0.15) is 26.2 Å². The summed E-state index contributed by atoms with van der Waals surface area (Å²) in [5.41, 5.74) is 0. The maximum atomic E-state index is 5.46. The van der Waals surface area contributed by atoms with Crippen molar-refractivity contribution in [3.63, 3.8) is 0 Å². The molecule has 0 saturated carbocycles. The molecule has 0 radical (unpaired) electrons. The van der Waals surface area contributed by atoms with Crippen LogP contribution in [0.4, 0.5) is 6.01 Å². The van der Waals surface area contributed by atoms with Gasteiger partial charge in [0, 0.05) is 11.8 Å². The minimum absolute atomic E-state index is 0.391. The molecule has 1 aromatic rings. The number of hydrogen-bond donors (Lipinski definition) is 2. The van der Waals surface area contributed by atoms with E-state index in [-0.39, 0.29) is 0 Å². The Labute approximate surface area is 101 Å². The molecule has 5 nitrogen and oxygen atoms in total. The van der Waals surface area contributed by atoms with E-state index in [4.69, 9.17) is 4.42 Å². The van der Waals surface area contributed by atoms with Gasteiger partial charge in [0.25, 0.3) is 0 Å². The predicted octanol–water partition coefficient (Wildman–Crippen LogP) is 1.73. The Bertz CT molecular complexity index is 292. The molecule has 0 amide bonds. The van der Waals surface area contributed by atoms with E-state index in [1.54, 1.807) is 0 Å². The molecule has 0 fully saturated rings. The number of thioether (sulfide) groups is 1. The summed E-state index contributed by atoms with van der Waals surface area (Å²) in [6, 6.07) is 0.913. The van der Waals surface area contributed by atoms with E-state index in [0.29, 0.717) is 24.5 Å². The predicted molar refractivity (Wildman–Crippen MR) is 67.8 cm³/mol. The summed E-state index contributed by atoms with van der Waals surface area (Å²) in [5.74, 6) is 1.67. The SMILES string of the molecule is CCNCc1nnc(NC(CC)CSC)o1. The van der Waals surface area contributed by atoms with Gasteiger partial charge in [-0.25, -0.2) is 0 Å². The fraction of sp³-hybridized carbons (Fsp3) is 0.800. The number of aromatic nitrogens is 2. The Morgan fingerprint density at radius 2 is 2.19 bits per heavy atom. The molecular weight excluding hydrogens is 224 g/mol. The second-order valence-electron chi connectivity index (χ2n) is 3.49.